The number of ether oxygens (including phenoxy) is 1. The third-order valence-electron chi connectivity index (χ3n) is 4.08. The Hall–Kier alpha value is -3.10. The van der Waals surface area contributed by atoms with E-state index in [1.807, 2.05) is 13.8 Å². The van der Waals surface area contributed by atoms with Crippen molar-refractivity contribution in [3.8, 4) is 5.75 Å². The van der Waals surface area contributed by atoms with Gasteiger partial charge in [0, 0.05) is 12.2 Å². The van der Waals surface area contributed by atoms with E-state index in [0.29, 0.717) is 33.6 Å². The van der Waals surface area contributed by atoms with Crippen molar-refractivity contribution in [1.29, 1.82) is 0 Å². The third-order valence-corrected chi connectivity index (χ3v) is 4.08. The molecule has 1 amide bonds. The minimum atomic E-state index is -4.74. The van der Waals surface area contributed by atoms with Crippen LogP contribution in [0.15, 0.2) is 34.9 Å². The molecule has 9 heteroatoms. The van der Waals surface area contributed by atoms with E-state index in [4.69, 9.17) is 4.52 Å². The Morgan fingerprint density at radius 1 is 1.25 bits per heavy atom. The van der Waals surface area contributed by atoms with Gasteiger partial charge in [0.2, 0.25) is 0 Å². The first-order chi connectivity index (χ1) is 13.1. The predicted octanol–water partition coefficient (Wildman–Crippen LogP) is 4.48. The second kappa shape index (κ2) is 7.49. The number of nitrogens with zero attached hydrogens (tertiary/aromatic N) is 2. The van der Waals surface area contributed by atoms with Gasteiger partial charge in [-0.05, 0) is 36.6 Å². The van der Waals surface area contributed by atoms with Crippen LogP contribution >= 0.6 is 0 Å². The van der Waals surface area contributed by atoms with Crippen molar-refractivity contribution in [3.63, 3.8) is 0 Å². The Morgan fingerprint density at radius 3 is 2.54 bits per heavy atom. The summed E-state index contributed by atoms with van der Waals surface area (Å²) in [7, 11) is 0. The molecule has 1 N–H and O–H groups in total. The molecule has 28 heavy (non-hydrogen) atoms. The van der Waals surface area contributed by atoms with Crippen LogP contribution in [-0.4, -0.2) is 22.4 Å². The van der Waals surface area contributed by atoms with E-state index >= 15 is 0 Å². The van der Waals surface area contributed by atoms with Gasteiger partial charge >= 0.3 is 6.36 Å². The highest BCUT2D eigenvalue weighted by Gasteiger charge is 2.31. The summed E-state index contributed by atoms with van der Waals surface area (Å²) in [6, 6.07) is 7.00. The smallest absolute Gasteiger partial charge is 0.406 e. The summed E-state index contributed by atoms with van der Waals surface area (Å²) in [5.41, 5.74) is 2.56. The first kappa shape index (κ1) is 19.7. The van der Waals surface area contributed by atoms with E-state index in [9.17, 15) is 18.0 Å². The standard InChI is InChI=1S/C19H18F3N3O3/c1-10(2)15-8-14(16-11(3)25-28-18(16)24-15)17(26)23-9-12-4-6-13(7-5-12)27-19(20,21)22/h4-8,10H,9H2,1-3H3,(H,23,26). The molecule has 0 saturated heterocycles. The Morgan fingerprint density at radius 2 is 1.93 bits per heavy atom. The van der Waals surface area contributed by atoms with Gasteiger partial charge in [-0.25, -0.2) is 4.98 Å². The maximum Gasteiger partial charge on any atom is 0.573 e. The fourth-order valence-electron chi connectivity index (χ4n) is 2.68. The van der Waals surface area contributed by atoms with Gasteiger partial charge in [-0.15, -0.1) is 13.2 Å². The SMILES string of the molecule is Cc1noc2nc(C(C)C)cc(C(=O)NCc3ccc(OC(F)(F)F)cc3)c12. The second-order valence-electron chi connectivity index (χ2n) is 6.57. The van der Waals surface area contributed by atoms with Crippen molar-refractivity contribution < 1.29 is 27.2 Å². The number of fused-ring (bicyclic) bond motifs is 1. The molecule has 0 aliphatic rings. The molecule has 0 aliphatic heterocycles. The summed E-state index contributed by atoms with van der Waals surface area (Å²) in [6.45, 7) is 5.75. The number of amides is 1. The molecule has 0 saturated carbocycles. The van der Waals surface area contributed by atoms with Gasteiger partial charge < -0.3 is 14.6 Å². The van der Waals surface area contributed by atoms with Crippen LogP contribution in [0, 0.1) is 6.92 Å². The van der Waals surface area contributed by atoms with E-state index in [1.165, 1.54) is 24.3 Å². The molecule has 0 fully saturated rings. The van der Waals surface area contributed by atoms with Gasteiger partial charge in [0.25, 0.3) is 11.6 Å². The van der Waals surface area contributed by atoms with E-state index < -0.39 is 6.36 Å². The topological polar surface area (TPSA) is 77.2 Å². The molecule has 148 valence electrons. The lowest BCUT2D eigenvalue weighted by molar-refractivity contribution is -0.274. The molecule has 0 bridgehead atoms. The average molecular weight is 393 g/mol. The van der Waals surface area contributed by atoms with E-state index in [0.717, 1.165) is 0 Å². The Balaban J connectivity index is 1.77. The molecular formula is C19H18F3N3O3. The molecule has 0 radical (unpaired) electrons. The molecular weight excluding hydrogens is 375 g/mol. The largest absolute Gasteiger partial charge is 0.573 e. The Labute approximate surface area is 158 Å². The molecule has 3 aromatic rings. The van der Waals surface area contributed by atoms with Gasteiger partial charge in [0.05, 0.1) is 16.6 Å². The van der Waals surface area contributed by atoms with Gasteiger partial charge in [-0.2, -0.15) is 0 Å². The van der Waals surface area contributed by atoms with Crippen LogP contribution in [0.5, 0.6) is 5.75 Å². The molecule has 2 heterocycles. The number of benzene rings is 1. The lowest BCUT2D eigenvalue weighted by Crippen LogP contribution is -2.23. The van der Waals surface area contributed by atoms with Gasteiger partial charge in [-0.3, -0.25) is 4.79 Å². The minimum Gasteiger partial charge on any atom is -0.406 e. The monoisotopic (exact) mass is 393 g/mol. The predicted molar refractivity (Wildman–Crippen MR) is 94.9 cm³/mol. The number of rotatable bonds is 5. The summed E-state index contributed by atoms with van der Waals surface area (Å²) in [5.74, 6) is -0.584. The van der Waals surface area contributed by atoms with E-state index in [1.54, 1.807) is 13.0 Å². The van der Waals surface area contributed by atoms with Crippen molar-refractivity contribution in [1.82, 2.24) is 15.5 Å². The van der Waals surface area contributed by atoms with Crippen molar-refractivity contribution >= 4 is 17.0 Å². The lowest BCUT2D eigenvalue weighted by atomic mass is 10.0. The molecule has 0 atom stereocenters. The van der Waals surface area contributed by atoms with Gasteiger partial charge in [-0.1, -0.05) is 31.1 Å². The van der Waals surface area contributed by atoms with E-state index in [2.05, 4.69) is 20.2 Å². The number of halogens is 3. The van der Waals surface area contributed by atoms with Crippen molar-refractivity contribution in [3.05, 3.63) is 52.8 Å². The number of carbonyl (C=O) groups excluding carboxylic acids is 1. The van der Waals surface area contributed by atoms with Gasteiger partial charge in [0.1, 0.15) is 5.75 Å². The zero-order chi connectivity index (χ0) is 20.5. The zero-order valence-electron chi connectivity index (χ0n) is 15.4. The molecule has 3 rings (SSSR count). The number of hydrogen-bond donors (Lipinski definition) is 1. The summed E-state index contributed by atoms with van der Waals surface area (Å²) < 4.78 is 45.7. The number of aryl methyl sites for hydroxylation is 1. The number of hydrogen-bond acceptors (Lipinski definition) is 5. The highest BCUT2D eigenvalue weighted by molar-refractivity contribution is 6.06. The summed E-state index contributed by atoms with van der Waals surface area (Å²) >= 11 is 0. The number of pyridine rings is 1. The van der Waals surface area contributed by atoms with Crippen LogP contribution in [0.4, 0.5) is 13.2 Å². The fraction of sp³-hybridized carbons (Fsp3) is 0.316. The second-order valence-corrected chi connectivity index (χ2v) is 6.57. The molecule has 6 nitrogen and oxygen atoms in total. The van der Waals surface area contributed by atoms with Crippen LogP contribution in [0.3, 0.4) is 0 Å². The highest BCUT2D eigenvalue weighted by Crippen LogP contribution is 2.25. The maximum atomic E-state index is 12.7. The van der Waals surface area contributed by atoms with Crippen molar-refractivity contribution in [2.45, 2.75) is 39.6 Å². The average Bonchev–Trinajstić information content (AvgIpc) is 3.00. The highest BCUT2D eigenvalue weighted by atomic mass is 19.4. The molecule has 0 unspecified atom stereocenters. The number of carbonyl (C=O) groups is 1. The van der Waals surface area contributed by atoms with Crippen LogP contribution in [0.2, 0.25) is 0 Å². The Kier molecular flexibility index (Phi) is 5.26. The molecule has 1 aromatic carbocycles. The van der Waals surface area contributed by atoms with Crippen LogP contribution in [-0.2, 0) is 6.54 Å². The zero-order valence-corrected chi connectivity index (χ0v) is 15.4. The molecule has 0 aliphatic carbocycles. The number of aromatic nitrogens is 2. The maximum absolute atomic E-state index is 12.7. The summed E-state index contributed by atoms with van der Waals surface area (Å²) in [5, 5.41) is 7.17. The van der Waals surface area contributed by atoms with Crippen LogP contribution in [0.25, 0.3) is 11.1 Å². The lowest BCUT2D eigenvalue weighted by Gasteiger charge is -2.11. The molecule has 0 spiro atoms. The third kappa shape index (κ3) is 4.41. The normalized spacial score (nSPS) is 11.8. The van der Waals surface area contributed by atoms with Crippen LogP contribution in [0.1, 0.15) is 47.1 Å². The summed E-state index contributed by atoms with van der Waals surface area (Å²) in [4.78, 5) is 17.1. The summed E-state index contributed by atoms with van der Waals surface area (Å²) in [6.07, 6.45) is -4.74. The number of alkyl halides is 3. The van der Waals surface area contributed by atoms with Crippen molar-refractivity contribution in [2.24, 2.45) is 0 Å². The molecule has 2 aromatic heterocycles. The first-order valence-electron chi connectivity index (χ1n) is 8.54. The number of nitrogens with one attached hydrogen (secondary N) is 1. The Bertz CT molecular complexity index is 995. The first-order valence-corrected chi connectivity index (χ1v) is 8.54. The van der Waals surface area contributed by atoms with Crippen molar-refractivity contribution in [2.75, 3.05) is 0 Å². The van der Waals surface area contributed by atoms with Gasteiger partial charge in [0.15, 0.2) is 0 Å². The quantitative estimate of drug-likeness (QED) is 0.691. The minimum absolute atomic E-state index is 0.0857. The van der Waals surface area contributed by atoms with E-state index in [-0.39, 0.29) is 24.1 Å². The fourth-order valence-corrected chi connectivity index (χ4v) is 2.68. The van der Waals surface area contributed by atoms with Crippen LogP contribution < -0.4 is 10.1 Å².